The Kier molecular flexibility index (Phi) is 8.12. The molecule has 0 aromatic heterocycles. The van der Waals surface area contributed by atoms with E-state index in [1.54, 1.807) is 4.31 Å². The van der Waals surface area contributed by atoms with Crippen LogP contribution in [0.2, 0.25) is 0 Å². The van der Waals surface area contributed by atoms with Crippen molar-refractivity contribution in [3.05, 3.63) is 0 Å². The van der Waals surface area contributed by atoms with E-state index in [1.807, 2.05) is 13.8 Å². The van der Waals surface area contributed by atoms with E-state index in [9.17, 15) is 8.42 Å². The van der Waals surface area contributed by atoms with E-state index in [0.29, 0.717) is 32.3 Å². The van der Waals surface area contributed by atoms with Crippen molar-refractivity contribution in [3.8, 4) is 0 Å². The standard InChI is InChI=1S/C14H31N3O3S/c1-12(2)15-11-14-7-5-6-9-17(14)21(18,19)16-8-10-20-13(3)4/h12-16H,5-11H2,1-4H3. The molecule has 1 aliphatic rings. The fourth-order valence-electron chi connectivity index (χ4n) is 2.41. The second-order valence-electron chi connectivity index (χ2n) is 6.14. The fourth-order valence-corrected chi connectivity index (χ4v) is 3.86. The zero-order valence-corrected chi connectivity index (χ0v) is 14.6. The number of ether oxygens (including phenoxy) is 1. The fraction of sp³-hybridized carbons (Fsp3) is 1.00. The second-order valence-corrected chi connectivity index (χ2v) is 7.85. The average Bonchev–Trinajstić information content (AvgIpc) is 2.41. The van der Waals surface area contributed by atoms with Crippen LogP contribution in [-0.4, -0.2) is 57.2 Å². The molecule has 1 aliphatic heterocycles. The Balaban J connectivity index is 2.52. The molecule has 0 saturated carbocycles. The maximum absolute atomic E-state index is 12.4. The van der Waals surface area contributed by atoms with Crippen LogP contribution in [0.4, 0.5) is 0 Å². The Morgan fingerprint density at radius 2 is 1.95 bits per heavy atom. The summed E-state index contributed by atoms with van der Waals surface area (Å²) in [6.07, 6.45) is 3.06. The zero-order chi connectivity index (χ0) is 15.9. The van der Waals surface area contributed by atoms with Crippen LogP contribution in [0.5, 0.6) is 0 Å². The van der Waals surface area contributed by atoms with E-state index < -0.39 is 10.2 Å². The van der Waals surface area contributed by atoms with Gasteiger partial charge in [-0.05, 0) is 26.7 Å². The molecule has 7 heteroatoms. The van der Waals surface area contributed by atoms with Crippen molar-refractivity contribution in [1.82, 2.24) is 14.3 Å². The van der Waals surface area contributed by atoms with Crippen molar-refractivity contribution < 1.29 is 13.2 Å². The Labute approximate surface area is 129 Å². The van der Waals surface area contributed by atoms with Crippen LogP contribution in [0.3, 0.4) is 0 Å². The van der Waals surface area contributed by atoms with Crippen molar-refractivity contribution in [2.24, 2.45) is 0 Å². The summed E-state index contributed by atoms with van der Waals surface area (Å²) in [7, 11) is -3.42. The quantitative estimate of drug-likeness (QED) is 0.624. The number of nitrogens with zero attached hydrogens (tertiary/aromatic N) is 1. The second kappa shape index (κ2) is 9.05. The number of rotatable bonds is 9. The van der Waals surface area contributed by atoms with E-state index in [0.717, 1.165) is 19.3 Å². The molecule has 1 unspecified atom stereocenters. The number of hydrogen-bond acceptors (Lipinski definition) is 4. The Morgan fingerprint density at radius 3 is 2.57 bits per heavy atom. The monoisotopic (exact) mass is 321 g/mol. The molecule has 1 rings (SSSR count). The minimum absolute atomic E-state index is 0.0460. The van der Waals surface area contributed by atoms with Gasteiger partial charge in [-0.25, -0.2) is 0 Å². The normalized spacial score (nSPS) is 21.3. The third-order valence-corrected chi connectivity index (χ3v) is 5.15. The minimum atomic E-state index is -3.42. The Morgan fingerprint density at radius 1 is 1.24 bits per heavy atom. The predicted molar refractivity (Wildman–Crippen MR) is 85.5 cm³/mol. The lowest BCUT2D eigenvalue weighted by Gasteiger charge is -2.35. The van der Waals surface area contributed by atoms with Gasteiger partial charge in [0.2, 0.25) is 0 Å². The van der Waals surface area contributed by atoms with Gasteiger partial charge in [0.1, 0.15) is 0 Å². The highest BCUT2D eigenvalue weighted by molar-refractivity contribution is 7.87. The van der Waals surface area contributed by atoms with Gasteiger partial charge >= 0.3 is 0 Å². The summed E-state index contributed by atoms with van der Waals surface area (Å²) >= 11 is 0. The third-order valence-electron chi connectivity index (χ3n) is 3.48. The largest absolute Gasteiger partial charge is 0.377 e. The van der Waals surface area contributed by atoms with E-state index in [2.05, 4.69) is 23.9 Å². The van der Waals surface area contributed by atoms with Gasteiger partial charge in [-0.1, -0.05) is 20.3 Å². The molecule has 21 heavy (non-hydrogen) atoms. The topological polar surface area (TPSA) is 70.7 Å². The molecule has 126 valence electrons. The lowest BCUT2D eigenvalue weighted by atomic mass is 10.0. The molecule has 1 heterocycles. The zero-order valence-electron chi connectivity index (χ0n) is 13.8. The molecule has 0 amide bonds. The number of piperidine rings is 1. The molecule has 0 aliphatic carbocycles. The summed E-state index contributed by atoms with van der Waals surface area (Å²) < 4.78 is 34.5. The van der Waals surface area contributed by atoms with Gasteiger partial charge in [0, 0.05) is 31.7 Å². The van der Waals surface area contributed by atoms with E-state index in [4.69, 9.17) is 4.74 Å². The SMILES string of the molecule is CC(C)NCC1CCCCN1S(=O)(=O)NCCOC(C)C. The molecule has 0 radical (unpaired) electrons. The highest BCUT2D eigenvalue weighted by atomic mass is 32.2. The number of hydrogen-bond donors (Lipinski definition) is 2. The highest BCUT2D eigenvalue weighted by Crippen LogP contribution is 2.19. The Bertz CT molecular complexity index is 385. The molecule has 1 saturated heterocycles. The van der Waals surface area contributed by atoms with Gasteiger partial charge in [0.25, 0.3) is 10.2 Å². The van der Waals surface area contributed by atoms with Crippen LogP contribution in [0.25, 0.3) is 0 Å². The molecule has 6 nitrogen and oxygen atoms in total. The van der Waals surface area contributed by atoms with Crippen LogP contribution < -0.4 is 10.0 Å². The summed E-state index contributed by atoms with van der Waals surface area (Å²) in [4.78, 5) is 0. The smallest absolute Gasteiger partial charge is 0.279 e. The summed E-state index contributed by atoms with van der Waals surface area (Å²) in [5.74, 6) is 0. The first-order chi connectivity index (χ1) is 9.83. The van der Waals surface area contributed by atoms with Crippen LogP contribution in [0.1, 0.15) is 47.0 Å². The minimum Gasteiger partial charge on any atom is -0.377 e. The molecule has 0 spiro atoms. The van der Waals surface area contributed by atoms with E-state index in [-0.39, 0.29) is 12.1 Å². The molecule has 1 atom stereocenters. The summed E-state index contributed by atoms with van der Waals surface area (Å²) in [6, 6.07) is 0.411. The molecule has 2 N–H and O–H groups in total. The molecule has 0 bridgehead atoms. The van der Waals surface area contributed by atoms with Crippen molar-refractivity contribution in [3.63, 3.8) is 0 Å². The summed E-state index contributed by atoms with van der Waals surface area (Å²) in [5, 5.41) is 3.34. The highest BCUT2D eigenvalue weighted by Gasteiger charge is 2.31. The maximum Gasteiger partial charge on any atom is 0.279 e. The summed E-state index contributed by atoms with van der Waals surface area (Å²) in [5.41, 5.74) is 0. The molecule has 1 fully saturated rings. The Hall–Kier alpha value is -0.210. The van der Waals surface area contributed by atoms with Gasteiger partial charge in [-0.2, -0.15) is 17.4 Å². The molecular formula is C14H31N3O3S. The van der Waals surface area contributed by atoms with Crippen LogP contribution in [0.15, 0.2) is 0 Å². The van der Waals surface area contributed by atoms with E-state index in [1.165, 1.54) is 0 Å². The lowest BCUT2D eigenvalue weighted by Crippen LogP contribution is -2.53. The van der Waals surface area contributed by atoms with Gasteiger partial charge in [-0.3, -0.25) is 0 Å². The van der Waals surface area contributed by atoms with Crippen molar-refractivity contribution >= 4 is 10.2 Å². The predicted octanol–water partition coefficient (Wildman–Crippen LogP) is 1.10. The van der Waals surface area contributed by atoms with Crippen molar-refractivity contribution in [2.45, 2.75) is 65.1 Å². The van der Waals surface area contributed by atoms with Gasteiger partial charge in [0.05, 0.1) is 12.7 Å². The average molecular weight is 321 g/mol. The first kappa shape index (κ1) is 18.8. The number of nitrogens with one attached hydrogen (secondary N) is 2. The van der Waals surface area contributed by atoms with Crippen LogP contribution in [-0.2, 0) is 14.9 Å². The molecule has 0 aromatic carbocycles. The van der Waals surface area contributed by atoms with Crippen LogP contribution in [0, 0.1) is 0 Å². The van der Waals surface area contributed by atoms with Gasteiger partial charge in [0.15, 0.2) is 0 Å². The first-order valence-corrected chi connectivity index (χ1v) is 9.38. The van der Waals surface area contributed by atoms with Crippen LogP contribution >= 0.6 is 0 Å². The molecular weight excluding hydrogens is 290 g/mol. The third kappa shape index (κ3) is 7.06. The van der Waals surface area contributed by atoms with Crippen molar-refractivity contribution in [2.75, 3.05) is 26.2 Å². The first-order valence-electron chi connectivity index (χ1n) is 7.94. The maximum atomic E-state index is 12.4. The lowest BCUT2D eigenvalue weighted by molar-refractivity contribution is 0.0830. The van der Waals surface area contributed by atoms with Gasteiger partial charge < -0.3 is 10.1 Å². The van der Waals surface area contributed by atoms with Crippen molar-refractivity contribution in [1.29, 1.82) is 0 Å². The summed E-state index contributed by atoms with van der Waals surface area (Å²) in [6.45, 7) is 10.1. The van der Waals surface area contributed by atoms with Gasteiger partial charge in [-0.15, -0.1) is 0 Å². The molecule has 0 aromatic rings. The van der Waals surface area contributed by atoms with E-state index >= 15 is 0 Å².